The number of carbonyl (C=O) groups is 2. The molecule has 1 aliphatic carbocycles. The lowest BCUT2D eigenvalue weighted by Gasteiger charge is -2.33. The third-order valence-electron chi connectivity index (χ3n) is 7.35. The molecule has 1 unspecified atom stereocenters. The van der Waals surface area contributed by atoms with Crippen LogP contribution in [-0.4, -0.2) is 62.8 Å². The average Bonchev–Trinajstić information content (AvgIpc) is 3.55. The minimum atomic E-state index is -5.00. The van der Waals surface area contributed by atoms with E-state index in [1.54, 1.807) is 0 Å². The van der Waals surface area contributed by atoms with Gasteiger partial charge < -0.3 is 15.6 Å². The van der Waals surface area contributed by atoms with E-state index in [2.05, 4.69) is 30.2 Å². The van der Waals surface area contributed by atoms with Crippen LogP contribution in [0.25, 0.3) is 11.0 Å². The van der Waals surface area contributed by atoms with E-state index in [1.807, 2.05) is 0 Å². The molecular weight excluding hydrogens is 603 g/mol. The van der Waals surface area contributed by atoms with Crippen LogP contribution < -0.4 is 10.6 Å². The molecule has 2 amide bonds. The van der Waals surface area contributed by atoms with E-state index in [1.165, 1.54) is 12.2 Å². The smallest absolute Gasteiger partial charge is 0.344 e. The Balaban J connectivity index is 1.73. The first kappa shape index (κ1) is 32.1. The average molecular weight is 628 g/mol. The zero-order valence-electron chi connectivity index (χ0n) is 22.4. The summed E-state index contributed by atoms with van der Waals surface area (Å²) in [7, 11) is 0. The first-order chi connectivity index (χ1) is 20.0. The van der Waals surface area contributed by atoms with Crippen LogP contribution in [0.15, 0.2) is 16.8 Å². The molecule has 1 aromatic carbocycles. The number of imidazole rings is 1. The van der Waals surface area contributed by atoms with Gasteiger partial charge in [0.25, 0.3) is 12.3 Å². The SMILES string of the molecule is Cc1nonc1C(=O)N[C@H](c1nc2c(F)c([C@@H](C(=O)N[C@@H](C)C(F)(F)F)C(F)C(F)F)ccc2[nH]1)C1CCC(F)(F)CC1. The fourth-order valence-corrected chi connectivity index (χ4v) is 4.90. The number of nitrogens with zero attached hydrogens (tertiary/aromatic N) is 3. The number of amides is 2. The van der Waals surface area contributed by atoms with Gasteiger partial charge in [-0.3, -0.25) is 9.59 Å². The Kier molecular flexibility index (Phi) is 8.97. The summed E-state index contributed by atoms with van der Waals surface area (Å²) in [5, 5.41) is 11.0. The molecule has 1 aliphatic rings. The molecule has 0 aliphatic heterocycles. The molecule has 0 saturated heterocycles. The normalized spacial score (nSPS) is 18.8. The third kappa shape index (κ3) is 6.87. The van der Waals surface area contributed by atoms with Gasteiger partial charge in [-0.25, -0.2) is 36.0 Å². The van der Waals surface area contributed by atoms with Gasteiger partial charge in [0.1, 0.15) is 29.0 Å². The van der Waals surface area contributed by atoms with Gasteiger partial charge in [0, 0.05) is 18.4 Å². The van der Waals surface area contributed by atoms with E-state index < -0.39 is 90.2 Å². The molecule has 3 N–H and O–H groups in total. The summed E-state index contributed by atoms with van der Waals surface area (Å²) in [4.78, 5) is 32.3. The van der Waals surface area contributed by atoms with E-state index in [9.17, 15) is 44.7 Å². The highest BCUT2D eigenvalue weighted by molar-refractivity contribution is 5.93. The molecule has 0 bridgehead atoms. The van der Waals surface area contributed by atoms with Crippen molar-refractivity contribution < 1.29 is 53.7 Å². The van der Waals surface area contributed by atoms with Crippen molar-refractivity contribution in [3.63, 3.8) is 0 Å². The quantitative estimate of drug-likeness (QED) is 0.271. The number of aromatic nitrogens is 4. The fourth-order valence-electron chi connectivity index (χ4n) is 4.90. The Morgan fingerprint density at radius 1 is 1.09 bits per heavy atom. The molecule has 0 radical (unpaired) electrons. The Hall–Kier alpha value is -3.86. The maximum atomic E-state index is 15.7. The highest BCUT2D eigenvalue weighted by Crippen LogP contribution is 2.42. The fraction of sp³-hybridized carbons (Fsp3) is 0.560. The van der Waals surface area contributed by atoms with E-state index in [-0.39, 0.29) is 35.6 Å². The van der Waals surface area contributed by atoms with Gasteiger partial charge >= 0.3 is 6.18 Å². The van der Waals surface area contributed by atoms with Gasteiger partial charge in [-0.1, -0.05) is 11.2 Å². The van der Waals surface area contributed by atoms with E-state index in [0.29, 0.717) is 6.92 Å². The first-order valence-corrected chi connectivity index (χ1v) is 13.0. The van der Waals surface area contributed by atoms with E-state index in [4.69, 9.17) is 0 Å². The first-order valence-electron chi connectivity index (χ1n) is 13.0. The predicted octanol–water partition coefficient (Wildman–Crippen LogP) is 5.44. The second-order valence-electron chi connectivity index (χ2n) is 10.4. The molecular formula is C25H25F9N6O3. The van der Waals surface area contributed by atoms with Crippen LogP contribution >= 0.6 is 0 Å². The molecule has 1 saturated carbocycles. The number of hydrogen-bond donors (Lipinski definition) is 3. The van der Waals surface area contributed by atoms with Crippen molar-refractivity contribution in [1.29, 1.82) is 0 Å². The lowest BCUT2D eigenvalue weighted by Crippen LogP contribution is -2.47. The number of hydrogen-bond acceptors (Lipinski definition) is 6. The summed E-state index contributed by atoms with van der Waals surface area (Å²) in [6.45, 7) is 1.91. The Labute approximate surface area is 236 Å². The number of fused-ring (bicyclic) bond motifs is 1. The Bertz CT molecular complexity index is 1460. The lowest BCUT2D eigenvalue weighted by molar-refractivity contribution is -0.159. The molecule has 2 heterocycles. The number of aryl methyl sites for hydroxylation is 1. The maximum absolute atomic E-state index is 15.7. The summed E-state index contributed by atoms with van der Waals surface area (Å²) in [6, 6.07) is -1.92. The molecule has 43 heavy (non-hydrogen) atoms. The number of H-pyrrole nitrogens is 1. The summed E-state index contributed by atoms with van der Waals surface area (Å²) in [5.41, 5.74) is -1.84. The zero-order chi connectivity index (χ0) is 31.9. The van der Waals surface area contributed by atoms with Gasteiger partial charge in [0.15, 0.2) is 17.7 Å². The molecule has 3 aromatic rings. The third-order valence-corrected chi connectivity index (χ3v) is 7.35. The Morgan fingerprint density at radius 3 is 2.30 bits per heavy atom. The number of aromatic amines is 1. The van der Waals surface area contributed by atoms with E-state index in [0.717, 1.165) is 12.1 Å². The molecule has 9 nitrogen and oxygen atoms in total. The van der Waals surface area contributed by atoms with Crippen LogP contribution in [0.4, 0.5) is 39.5 Å². The molecule has 236 valence electrons. The number of halogens is 9. The summed E-state index contributed by atoms with van der Waals surface area (Å²) >= 11 is 0. The van der Waals surface area contributed by atoms with E-state index >= 15 is 4.39 Å². The molecule has 1 fully saturated rings. The molecule has 4 atom stereocenters. The second kappa shape index (κ2) is 12.0. The number of carbonyl (C=O) groups excluding carboxylic acids is 2. The number of rotatable bonds is 9. The largest absolute Gasteiger partial charge is 0.408 e. The van der Waals surface area contributed by atoms with Crippen molar-refractivity contribution in [2.45, 2.75) is 82.2 Å². The summed E-state index contributed by atoms with van der Waals surface area (Å²) in [6.07, 6.45) is -13.5. The lowest BCUT2D eigenvalue weighted by atomic mass is 9.81. The van der Waals surface area contributed by atoms with Crippen molar-refractivity contribution in [2.75, 3.05) is 0 Å². The van der Waals surface area contributed by atoms with Crippen molar-refractivity contribution >= 4 is 22.8 Å². The molecule has 0 spiro atoms. The number of benzene rings is 1. The minimum absolute atomic E-state index is 0.0870. The Morgan fingerprint density at radius 2 is 1.74 bits per heavy atom. The van der Waals surface area contributed by atoms with Crippen molar-refractivity contribution in [2.24, 2.45) is 5.92 Å². The van der Waals surface area contributed by atoms with Crippen LogP contribution in [0, 0.1) is 18.7 Å². The van der Waals surface area contributed by atoms with Crippen LogP contribution in [0.1, 0.15) is 72.1 Å². The van der Waals surface area contributed by atoms with Crippen LogP contribution in [-0.2, 0) is 4.79 Å². The standard InChI is InChI=1S/C25H25F9N6O3/c1-9-17(40-43-39-9)23(42)38-18(11-5-7-24(30,31)8-6-11)21-36-13-4-3-12(15(26)19(13)37-21)14(16(27)20(28)29)22(41)35-10(2)25(32,33)34/h3-4,10-11,14,16,18,20H,5-8H2,1-2H3,(H,35,41)(H,36,37)(H,38,42)/t10-,14+,16?,18-/m0/s1. The zero-order valence-corrected chi connectivity index (χ0v) is 22.4. The summed E-state index contributed by atoms with van der Waals surface area (Å²) in [5.74, 6) is -10.6. The second-order valence-corrected chi connectivity index (χ2v) is 10.4. The van der Waals surface area contributed by atoms with Gasteiger partial charge in [-0.2, -0.15) is 13.2 Å². The van der Waals surface area contributed by atoms with Crippen LogP contribution in [0.5, 0.6) is 0 Å². The highest BCUT2D eigenvalue weighted by Gasteiger charge is 2.44. The number of alkyl halides is 8. The van der Waals surface area contributed by atoms with Gasteiger partial charge in [-0.15, -0.1) is 0 Å². The maximum Gasteiger partial charge on any atom is 0.408 e. The minimum Gasteiger partial charge on any atom is -0.344 e. The van der Waals surface area contributed by atoms with Gasteiger partial charge in [0.2, 0.25) is 11.8 Å². The van der Waals surface area contributed by atoms with Crippen molar-refractivity contribution in [3.05, 3.63) is 40.7 Å². The molecule has 18 heteroatoms. The van der Waals surface area contributed by atoms with Crippen LogP contribution in [0.2, 0.25) is 0 Å². The highest BCUT2D eigenvalue weighted by atomic mass is 19.4. The van der Waals surface area contributed by atoms with Gasteiger partial charge in [-0.05, 0) is 43.8 Å². The monoisotopic (exact) mass is 628 g/mol. The predicted molar refractivity (Wildman–Crippen MR) is 129 cm³/mol. The number of nitrogens with one attached hydrogen (secondary N) is 3. The van der Waals surface area contributed by atoms with Gasteiger partial charge in [0.05, 0.1) is 11.6 Å². The van der Waals surface area contributed by atoms with Crippen LogP contribution in [0.3, 0.4) is 0 Å². The van der Waals surface area contributed by atoms with Crippen molar-refractivity contribution in [1.82, 2.24) is 30.9 Å². The summed E-state index contributed by atoms with van der Waals surface area (Å²) < 4.78 is 128. The molecule has 2 aromatic heterocycles. The van der Waals surface area contributed by atoms with Crippen molar-refractivity contribution in [3.8, 4) is 0 Å². The topological polar surface area (TPSA) is 126 Å². The molecule has 4 rings (SSSR count).